The van der Waals surface area contributed by atoms with Gasteiger partial charge in [0.05, 0.1) is 17.5 Å². The summed E-state index contributed by atoms with van der Waals surface area (Å²) in [6.07, 6.45) is 0.128. The van der Waals surface area contributed by atoms with Crippen molar-refractivity contribution in [1.29, 1.82) is 0 Å². The van der Waals surface area contributed by atoms with Crippen molar-refractivity contribution in [3.05, 3.63) is 18.2 Å². The number of hydrogen-bond acceptors (Lipinski definition) is 3. The number of benzene rings is 1. The van der Waals surface area contributed by atoms with Crippen LogP contribution in [0.15, 0.2) is 18.2 Å². The fraction of sp³-hybridized carbons (Fsp3) is 0.625. The number of hydrogen-bond donors (Lipinski definition) is 1. The third-order valence-corrected chi connectivity index (χ3v) is 3.62. The van der Waals surface area contributed by atoms with E-state index in [-0.39, 0.29) is 11.5 Å². The third-order valence-electron chi connectivity index (χ3n) is 3.62. The van der Waals surface area contributed by atoms with Crippen molar-refractivity contribution in [2.24, 2.45) is 5.41 Å². The highest BCUT2D eigenvalue weighted by molar-refractivity contribution is 5.74. The van der Waals surface area contributed by atoms with Gasteiger partial charge >= 0.3 is 0 Å². The van der Waals surface area contributed by atoms with Crippen LogP contribution in [0.5, 0.6) is 5.75 Å². The molecular weight excluding hydrogens is 236 g/mol. The van der Waals surface area contributed by atoms with Crippen LogP contribution in [0.25, 0.3) is 0 Å². The molecule has 0 spiro atoms. The Morgan fingerprint density at radius 2 is 1.74 bits per heavy atom. The fourth-order valence-corrected chi connectivity index (χ4v) is 1.99. The van der Waals surface area contributed by atoms with Crippen LogP contribution in [-0.4, -0.2) is 19.2 Å². The summed E-state index contributed by atoms with van der Waals surface area (Å²) in [5.74, 6) is 0.764. The number of para-hydroxylation sites is 1. The molecular formula is C16H28N2O. The molecule has 0 aliphatic rings. The van der Waals surface area contributed by atoms with E-state index >= 15 is 0 Å². The van der Waals surface area contributed by atoms with E-state index in [4.69, 9.17) is 10.5 Å². The van der Waals surface area contributed by atoms with Crippen molar-refractivity contribution >= 4 is 11.4 Å². The van der Waals surface area contributed by atoms with Gasteiger partial charge in [0.15, 0.2) is 0 Å². The Morgan fingerprint density at radius 1 is 1.16 bits per heavy atom. The zero-order valence-electron chi connectivity index (χ0n) is 13.3. The van der Waals surface area contributed by atoms with Gasteiger partial charge in [-0.25, -0.2) is 0 Å². The van der Waals surface area contributed by atoms with Crippen LogP contribution in [-0.2, 0) is 0 Å². The van der Waals surface area contributed by atoms with Crippen LogP contribution in [0.4, 0.5) is 11.4 Å². The third kappa shape index (κ3) is 3.79. The number of nitrogen functional groups attached to an aromatic ring is 1. The lowest BCUT2D eigenvalue weighted by molar-refractivity contribution is 0.244. The Hall–Kier alpha value is -1.38. The van der Waals surface area contributed by atoms with Crippen LogP contribution >= 0.6 is 0 Å². The van der Waals surface area contributed by atoms with E-state index in [1.165, 1.54) is 0 Å². The summed E-state index contributed by atoms with van der Waals surface area (Å²) < 4.78 is 5.75. The Kier molecular flexibility index (Phi) is 4.72. The van der Waals surface area contributed by atoms with Crippen molar-refractivity contribution in [3.8, 4) is 5.75 Å². The van der Waals surface area contributed by atoms with Gasteiger partial charge in [-0.15, -0.1) is 0 Å². The molecule has 108 valence electrons. The van der Waals surface area contributed by atoms with Gasteiger partial charge in [-0.1, -0.05) is 26.8 Å². The molecule has 0 saturated carbocycles. The van der Waals surface area contributed by atoms with Crippen molar-refractivity contribution < 1.29 is 4.74 Å². The summed E-state index contributed by atoms with van der Waals surface area (Å²) in [6.45, 7) is 12.9. The number of nitrogens with zero attached hydrogens (tertiary/aromatic N) is 1. The van der Waals surface area contributed by atoms with Gasteiger partial charge in [-0.05, 0) is 38.3 Å². The average molecular weight is 264 g/mol. The Bertz CT molecular complexity index is 421. The van der Waals surface area contributed by atoms with Crippen molar-refractivity contribution in [2.45, 2.75) is 53.7 Å². The monoisotopic (exact) mass is 264 g/mol. The molecule has 1 atom stereocenters. The zero-order chi connectivity index (χ0) is 14.8. The molecule has 0 fully saturated rings. The summed E-state index contributed by atoms with van der Waals surface area (Å²) in [6, 6.07) is 6.35. The highest BCUT2D eigenvalue weighted by atomic mass is 16.5. The summed E-state index contributed by atoms with van der Waals surface area (Å²) in [5.41, 5.74) is 8.18. The van der Waals surface area contributed by atoms with Crippen LogP contribution < -0.4 is 15.4 Å². The highest BCUT2D eigenvalue weighted by Gasteiger charge is 2.25. The summed E-state index contributed by atoms with van der Waals surface area (Å²) in [5, 5.41) is 0. The molecule has 0 aliphatic heterocycles. The summed E-state index contributed by atoms with van der Waals surface area (Å²) in [4.78, 5) is 2.22. The van der Waals surface area contributed by atoms with E-state index in [0.29, 0.717) is 6.04 Å². The van der Waals surface area contributed by atoms with E-state index in [9.17, 15) is 0 Å². The van der Waals surface area contributed by atoms with E-state index in [0.717, 1.165) is 17.1 Å². The van der Waals surface area contributed by atoms with Crippen molar-refractivity contribution in [2.75, 3.05) is 17.7 Å². The first-order chi connectivity index (χ1) is 8.64. The molecule has 1 aromatic carbocycles. The smallest absolute Gasteiger partial charge is 0.144 e. The first-order valence-electron chi connectivity index (χ1n) is 6.92. The van der Waals surface area contributed by atoms with Crippen LogP contribution in [0.3, 0.4) is 0 Å². The second-order valence-corrected chi connectivity index (χ2v) is 6.51. The number of nitrogens with two attached hydrogens (primary N) is 1. The van der Waals surface area contributed by atoms with Crippen molar-refractivity contribution in [1.82, 2.24) is 0 Å². The maximum atomic E-state index is 6.25. The molecule has 0 radical (unpaired) electrons. The maximum Gasteiger partial charge on any atom is 0.144 e. The van der Waals surface area contributed by atoms with Gasteiger partial charge in [0.2, 0.25) is 0 Å². The minimum atomic E-state index is 0.128. The number of anilines is 2. The lowest BCUT2D eigenvalue weighted by atomic mass is 9.87. The molecule has 0 heterocycles. The van der Waals surface area contributed by atoms with E-state index in [1.807, 2.05) is 32.0 Å². The summed E-state index contributed by atoms with van der Waals surface area (Å²) >= 11 is 0. The SMILES string of the molecule is CC(C)Oc1cccc(N(C)C(C)C(C)(C)C)c1N. The van der Waals surface area contributed by atoms with Gasteiger partial charge in [-0.3, -0.25) is 0 Å². The molecule has 1 aromatic rings. The van der Waals surface area contributed by atoms with Gasteiger partial charge in [0.25, 0.3) is 0 Å². The molecule has 1 rings (SSSR count). The minimum Gasteiger partial charge on any atom is -0.489 e. The van der Waals surface area contributed by atoms with Gasteiger partial charge in [0, 0.05) is 13.1 Å². The normalized spacial score (nSPS) is 13.5. The topological polar surface area (TPSA) is 38.5 Å². The maximum absolute atomic E-state index is 6.25. The van der Waals surface area contributed by atoms with E-state index in [1.54, 1.807) is 0 Å². The fourth-order valence-electron chi connectivity index (χ4n) is 1.99. The lowest BCUT2D eigenvalue weighted by Crippen LogP contribution is -2.39. The van der Waals surface area contributed by atoms with Crippen molar-refractivity contribution in [3.63, 3.8) is 0 Å². The first-order valence-corrected chi connectivity index (χ1v) is 6.92. The molecule has 0 aromatic heterocycles. The number of rotatable bonds is 4. The summed E-state index contributed by atoms with van der Waals surface area (Å²) in [7, 11) is 2.08. The Balaban J connectivity index is 3.07. The van der Waals surface area contributed by atoms with Gasteiger partial charge in [-0.2, -0.15) is 0 Å². The molecule has 1 unspecified atom stereocenters. The lowest BCUT2D eigenvalue weighted by Gasteiger charge is -2.37. The van der Waals surface area contributed by atoms with Crippen LogP contribution in [0.1, 0.15) is 41.5 Å². The largest absolute Gasteiger partial charge is 0.489 e. The van der Waals surface area contributed by atoms with Crippen LogP contribution in [0, 0.1) is 5.41 Å². The Labute approximate surface area is 117 Å². The first kappa shape index (κ1) is 15.7. The van der Waals surface area contributed by atoms with Crippen LogP contribution in [0.2, 0.25) is 0 Å². The second kappa shape index (κ2) is 5.72. The predicted octanol–water partition coefficient (Wildman–Crippen LogP) is 3.93. The minimum absolute atomic E-state index is 0.128. The average Bonchev–Trinajstić information content (AvgIpc) is 2.28. The van der Waals surface area contributed by atoms with Gasteiger partial charge < -0.3 is 15.4 Å². The predicted molar refractivity (Wildman–Crippen MR) is 83.9 cm³/mol. The molecule has 3 nitrogen and oxygen atoms in total. The molecule has 2 N–H and O–H groups in total. The quantitative estimate of drug-likeness (QED) is 0.837. The second-order valence-electron chi connectivity index (χ2n) is 6.51. The highest BCUT2D eigenvalue weighted by Crippen LogP contribution is 2.36. The van der Waals surface area contributed by atoms with E-state index in [2.05, 4.69) is 39.6 Å². The number of ether oxygens (including phenoxy) is 1. The molecule has 19 heavy (non-hydrogen) atoms. The molecule has 3 heteroatoms. The van der Waals surface area contributed by atoms with Gasteiger partial charge in [0.1, 0.15) is 5.75 Å². The Morgan fingerprint density at radius 3 is 2.21 bits per heavy atom. The zero-order valence-corrected chi connectivity index (χ0v) is 13.3. The standard InChI is InChI=1S/C16H28N2O/c1-11(2)19-14-10-8-9-13(15(14)17)18(7)12(3)16(4,5)6/h8-12H,17H2,1-7H3. The molecule has 0 amide bonds. The molecule has 0 saturated heterocycles. The van der Waals surface area contributed by atoms with E-state index < -0.39 is 0 Å². The molecule has 0 aliphatic carbocycles. The molecule has 0 bridgehead atoms.